The van der Waals surface area contributed by atoms with Crippen LogP contribution in [0.4, 0.5) is 0 Å². The van der Waals surface area contributed by atoms with Gasteiger partial charge >= 0.3 is 0 Å². The molecule has 2 heterocycles. The van der Waals surface area contributed by atoms with Gasteiger partial charge in [-0.25, -0.2) is 4.98 Å². The summed E-state index contributed by atoms with van der Waals surface area (Å²) in [6, 6.07) is 0. The Morgan fingerprint density at radius 2 is 2.35 bits per heavy atom. The number of nitrogens with one attached hydrogen (secondary N) is 1. The lowest BCUT2D eigenvalue weighted by molar-refractivity contribution is 0.650. The molecule has 0 bridgehead atoms. The van der Waals surface area contributed by atoms with E-state index in [4.69, 9.17) is 11.6 Å². The third kappa shape index (κ3) is 3.06. The van der Waals surface area contributed by atoms with E-state index in [0.29, 0.717) is 11.6 Å². The van der Waals surface area contributed by atoms with E-state index in [1.165, 1.54) is 0 Å². The highest BCUT2D eigenvalue weighted by molar-refractivity contribution is 7.09. The summed E-state index contributed by atoms with van der Waals surface area (Å²) in [6.45, 7) is 6.52. The molecular formula is C11H15ClN4S. The van der Waals surface area contributed by atoms with Crippen LogP contribution in [-0.2, 0) is 13.1 Å². The van der Waals surface area contributed by atoms with Crippen LogP contribution in [0.25, 0.3) is 0 Å². The van der Waals surface area contributed by atoms with Crippen LogP contribution in [0.5, 0.6) is 0 Å². The summed E-state index contributed by atoms with van der Waals surface area (Å²) in [4.78, 5) is 4.55. The van der Waals surface area contributed by atoms with E-state index in [1.807, 2.05) is 11.6 Å². The van der Waals surface area contributed by atoms with Crippen LogP contribution in [0.1, 0.15) is 23.3 Å². The average Bonchev–Trinajstić information content (AvgIpc) is 2.89. The van der Waals surface area contributed by atoms with Crippen molar-refractivity contribution < 1.29 is 0 Å². The number of hydrogen-bond acceptors (Lipinski definition) is 4. The maximum atomic E-state index is 5.96. The number of hydrogen-bond donors (Lipinski definition) is 1. The summed E-state index contributed by atoms with van der Waals surface area (Å²) in [5, 5.41) is 11.4. The smallest absolute Gasteiger partial charge is 0.107 e. The number of nitrogens with zero attached hydrogens (tertiary/aromatic N) is 3. The Hall–Kier alpha value is -0.910. The number of thiazole rings is 1. The Labute approximate surface area is 110 Å². The summed E-state index contributed by atoms with van der Waals surface area (Å²) >= 11 is 7.63. The molecule has 0 radical (unpaired) electrons. The van der Waals surface area contributed by atoms with Crippen LogP contribution in [0.3, 0.4) is 0 Å². The van der Waals surface area contributed by atoms with Gasteiger partial charge in [0.2, 0.25) is 0 Å². The maximum Gasteiger partial charge on any atom is 0.107 e. The predicted octanol–water partition coefficient (Wildman–Crippen LogP) is 2.46. The molecule has 2 aromatic rings. The average molecular weight is 271 g/mol. The molecule has 0 fully saturated rings. The summed E-state index contributed by atoms with van der Waals surface area (Å²) in [5.41, 5.74) is 2.01. The quantitative estimate of drug-likeness (QED) is 0.908. The zero-order valence-corrected chi connectivity index (χ0v) is 11.5. The molecule has 2 aromatic heterocycles. The minimum atomic E-state index is 0.682. The Bertz CT molecular complexity index is 491. The van der Waals surface area contributed by atoms with Gasteiger partial charge in [-0.05, 0) is 13.5 Å². The van der Waals surface area contributed by atoms with Crippen LogP contribution in [0, 0.1) is 6.92 Å². The first-order chi connectivity index (χ1) is 8.20. The first kappa shape index (κ1) is 12.5. The normalized spacial score (nSPS) is 11.0. The molecule has 1 N–H and O–H groups in total. The molecule has 0 amide bonds. The van der Waals surface area contributed by atoms with Crippen molar-refractivity contribution in [2.45, 2.75) is 26.9 Å². The largest absolute Gasteiger partial charge is 0.311 e. The van der Waals surface area contributed by atoms with E-state index in [-0.39, 0.29) is 0 Å². The summed E-state index contributed by atoms with van der Waals surface area (Å²) in [5.74, 6) is 0. The van der Waals surface area contributed by atoms with Gasteiger partial charge in [-0.1, -0.05) is 18.5 Å². The van der Waals surface area contributed by atoms with Gasteiger partial charge in [0.05, 0.1) is 29.2 Å². The zero-order valence-electron chi connectivity index (χ0n) is 9.90. The second-order valence-corrected chi connectivity index (χ2v) is 5.10. The lowest BCUT2D eigenvalue weighted by Gasteiger charge is -2.01. The van der Waals surface area contributed by atoms with E-state index in [2.05, 4.69) is 27.7 Å². The first-order valence-electron chi connectivity index (χ1n) is 5.52. The molecule has 0 atom stereocenters. The van der Waals surface area contributed by atoms with Gasteiger partial charge in [0.15, 0.2) is 0 Å². The molecule has 0 aromatic carbocycles. The molecule has 0 saturated carbocycles. The molecule has 92 valence electrons. The Kier molecular flexibility index (Phi) is 4.15. The van der Waals surface area contributed by atoms with Gasteiger partial charge in [0.1, 0.15) is 5.01 Å². The fourth-order valence-corrected chi connectivity index (χ4v) is 2.37. The first-order valence-corrected chi connectivity index (χ1v) is 6.78. The fourth-order valence-electron chi connectivity index (χ4n) is 1.47. The van der Waals surface area contributed by atoms with Gasteiger partial charge < -0.3 is 5.32 Å². The van der Waals surface area contributed by atoms with E-state index < -0.39 is 0 Å². The minimum Gasteiger partial charge on any atom is -0.311 e. The molecule has 0 aliphatic carbocycles. The second kappa shape index (κ2) is 5.62. The van der Waals surface area contributed by atoms with E-state index in [0.717, 1.165) is 29.5 Å². The van der Waals surface area contributed by atoms with Crippen LogP contribution in [0.2, 0.25) is 5.02 Å². The van der Waals surface area contributed by atoms with Gasteiger partial charge in [-0.3, -0.25) is 4.68 Å². The van der Waals surface area contributed by atoms with Crippen molar-refractivity contribution in [1.29, 1.82) is 0 Å². The SMILES string of the molecule is CCNCc1nc(Cn2ncc(Cl)c2C)cs1. The standard InChI is InChI=1S/C11H15ClN4S/c1-3-13-5-11-15-9(7-17-11)6-16-8(2)10(12)4-14-16/h4,7,13H,3,5-6H2,1-2H3. The van der Waals surface area contributed by atoms with Crippen molar-refractivity contribution >= 4 is 22.9 Å². The highest BCUT2D eigenvalue weighted by atomic mass is 35.5. The highest BCUT2D eigenvalue weighted by Crippen LogP contribution is 2.16. The molecule has 0 unspecified atom stereocenters. The molecule has 2 rings (SSSR count). The molecule has 0 spiro atoms. The molecule has 4 nitrogen and oxygen atoms in total. The lowest BCUT2D eigenvalue weighted by Crippen LogP contribution is -2.11. The van der Waals surface area contributed by atoms with Gasteiger partial charge in [-0.15, -0.1) is 11.3 Å². The topological polar surface area (TPSA) is 42.7 Å². The summed E-state index contributed by atoms with van der Waals surface area (Å²) < 4.78 is 1.87. The van der Waals surface area contributed by atoms with E-state index >= 15 is 0 Å². The van der Waals surface area contributed by atoms with Crippen LogP contribution >= 0.6 is 22.9 Å². The number of halogens is 1. The fraction of sp³-hybridized carbons (Fsp3) is 0.455. The van der Waals surface area contributed by atoms with Gasteiger partial charge in [0, 0.05) is 11.9 Å². The minimum absolute atomic E-state index is 0.682. The highest BCUT2D eigenvalue weighted by Gasteiger charge is 2.07. The van der Waals surface area contributed by atoms with Crippen LogP contribution in [0.15, 0.2) is 11.6 Å². The zero-order chi connectivity index (χ0) is 12.3. The second-order valence-electron chi connectivity index (χ2n) is 3.75. The summed E-state index contributed by atoms with van der Waals surface area (Å²) in [7, 11) is 0. The molecule has 6 heteroatoms. The van der Waals surface area contributed by atoms with Crippen molar-refractivity contribution in [3.05, 3.63) is 33.0 Å². The van der Waals surface area contributed by atoms with Crippen molar-refractivity contribution in [2.75, 3.05) is 6.54 Å². The summed E-state index contributed by atoms with van der Waals surface area (Å²) in [6.07, 6.45) is 1.67. The molecular weight excluding hydrogens is 256 g/mol. The molecule has 0 aliphatic heterocycles. The number of rotatable bonds is 5. The van der Waals surface area contributed by atoms with Crippen molar-refractivity contribution in [3.8, 4) is 0 Å². The monoisotopic (exact) mass is 270 g/mol. The molecule has 0 aliphatic rings. The van der Waals surface area contributed by atoms with Crippen molar-refractivity contribution in [1.82, 2.24) is 20.1 Å². The Balaban J connectivity index is 2.04. The third-order valence-corrected chi connectivity index (χ3v) is 3.75. The Morgan fingerprint density at radius 3 is 3.00 bits per heavy atom. The van der Waals surface area contributed by atoms with E-state index in [9.17, 15) is 0 Å². The lowest BCUT2D eigenvalue weighted by atomic mass is 10.4. The molecule has 0 saturated heterocycles. The third-order valence-electron chi connectivity index (χ3n) is 2.48. The van der Waals surface area contributed by atoms with E-state index in [1.54, 1.807) is 17.5 Å². The molecule has 17 heavy (non-hydrogen) atoms. The van der Waals surface area contributed by atoms with Crippen LogP contribution in [-0.4, -0.2) is 21.3 Å². The van der Waals surface area contributed by atoms with Crippen molar-refractivity contribution in [3.63, 3.8) is 0 Å². The maximum absolute atomic E-state index is 5.96. The van der Waals surface area contributed by atoms with Crippen molar-refractivity contribution in [2.24, 2.45) is 0 Å². The predicted molar refractivity (Wildman–Crippen MR) is 70.6 cm³/mol. The van der Waals surface area contributed by atoms with Crippen LogP contribution < -0.4 is 5.32 Å². The van der Waals surface area contributed by atoms with Gasteiger partial charge in [0.25, 0.3) is 0 Å². The van der Waals surface area contributed by atoms with Gasteiger partial charge in [-0.2, -0.15) is 5.10 Å². The Morgan fingerprint density at radius 1 is 1.53 bits per heavy atom. The number of aromatic nitrogens is 3.